The fourth-order valence-corrected chi connectivity index (χ4v) is 4.90. The Morgan fingerprint density at radius 3 is 2.46 bits per heavy atom. The summed E-state index contributed by atoms with van der Waals surface area (Å²) in [6.45, 7) is 5.83. The number of aromatic nitrogens is 1. The Morgan fingerprint density at radius 2 is 1.89 bits per heavy atom. The van der Waals surface area contributed by atoms with Crippen LogP contribution in [0.15, 0.2) is 24.3 Å². The molecule has 1 amide bonds. The summed E-state index contributed by atoms with van der Waals surface area (Å²) < 4.78 is 30.4. The van der Waals surface area contributed by atoms with E-state index >= 15 is 0 Å². The maximum Gasteiger partial charge on any atom is 0.355 e. The van der Waals surface area contributed by atoms with Crippen molar-refractivity contribution < 1.29 is 22.7 Å². The summed E-state index contributed by atoms with van der Waals surface area (Å²) in [7, 11) is -3.24. The second kappa shape index (κ2) is 7.67. The van der Waals surface area contributed by atoms with Gasteiger partial charge in [0.1, 0.15) is 5.69 Å². The molecule has 1 saturated heterocycles. The molecule has 2 heterocycles. The van der Waals surface area contributed by atoms with E-state index in [1.807, 2.05) is 0 Å². The van der Waals surface area contributed by atoms with Crippen molar-refractivity contribution in [2.75, 3.05) is 28.5 Å². The first-order chi connectivity index (χ1) is 13.2. The van der Waals surface area contributed by atoms with Crippen LogP contribution in [0.2, 0.25) is 0 Å². The minimum Gasteiger partial charge on any atom is -0.461 e. The van der Waals surface area contributed by atoms with Crippen LogP contribution >= 0.6 is 0 Å². The van der Waals surface area contributed by atoms with Gasteiger partial charge in [0.05, 0.1) is 23.6 Å². The molecule has 0 bridgehead atoms. The number of hydrogen-bond donors (Lipinski definition) is 2. The van der Waals surface area contributed by atoms with Crippen LogP contribution in [-0.4, -0.2) is 44.2 Å². The van der Waals surface area contributed by atoms with Crippen LogP contribution in [0, 0.1) is 13.8 Å². The number of H-pyrrole nitrogens is 1. The molecule has 0 radical (unpaired) electrons. The SMILES string of the molecule is CCOC(=O)c1[nH]c(C)c(C(=O)Nc2ccc(N3CCCS3(=O)=O)cc2)c1C. The molecule has 0 unspecified atom stereocenters. The van der Waals surface area contributed by atoms with Crippen molar-refractivity contribution >= 4 is 33.3 Å². The van der Waals surface area contributed by atoms with Gasteiger partial charge in [0.25, 0.3) is 5.91 Å². The number of esters is 1. The second-order valence-corrected chi connectivity index (χ2v) is 8.60. The van der Waals surface area contributed by atoms with Gasteiger partial charge in [-0.1, -0.05) is 0 Å². The first-order valence-electron chi connectivity index (χ1n) is 9.02. The number of sulfonamides is 1. The predicted octanol–water partition coefficient (Wildman–Crippen LogP) is 2.60. The van der Waals surface area contributed by atoms with E-state index in [4.69, 9.17) is 4.74 Å². The molecule has 0 aliphatic carbocycles. The van der Waals surface area contributed by atoms with Gasteiger partial charge in [-0.05, 0) is 57.0 Å². The summed E-state index contributed by atoms with van der Waals surface area (Å²) >= 11 is 0. The Morgan fingerprint density at radius 1 is 1.21 bits per heavy atom. The molecule has 1 aliphatic rings. The predicted molar refractivity (Wildman–Crippen MR) is 106 cm³/mol. The van der Waals surface area contributed by atoms with Gasteiger partial charge < -0.3 is 15.0 Å². The molecule has 2 N–H and O–H groups in total. The molecule has 9 heteroatoms. The molecule has 150 valence electrons. The highest BCUT2D eigenvalue weighted by Crippen LogP contribution is 2.26. The zero-order valence-corrected chi connectivity index (χ0v) is 16.9. The fourth-order valence-electron chi connectivity index (χ4n) is 3.33. The second-order valence-electron chi connectivity index (χ2n) is 6.59. The number of carbonyl (C=O) groups excluding carboxylic acids is 2. The Hall–Kier alpha value is -2.81. The Labute approximate surface area is 163 Å². The van der Waals surface area contributed by atoms with Gasteiger partial charge in [-0.15, -0.1) is 0 Å². The Kier molecular flexibility index (Phi) is 5.46. The van der Waals surface area contributed by atoms with E-state index in [9.17, 15) is 18.0 Å². The van der Waals surface area contributed by atoms with Gasteiger partial charge in [0, 0.05) is 17.9 Å². The number of rotatable bonds is 5. The summed E-state index contributed by atoms with van der Waals surface area (Å²) in [5, 5.41) is 2.78. The van der Waals surface area contributed by atoms with Crippen LogP contribution < -0.4 is 9.62 Å². The van der Waals surface area contributed by atoms with E-state index < -0.39 is 16.0 Å². The molecule has 0 spiro atoms. The Balaban J connectivity index is 1.78. The van der Waals surface area contributed by atoms with Crippen molar-refractivity contribution in [2.24, 2.45) is 0 Å². The van der Waals surface area contributed by atoms with Crippen molar-refractivity contribution in [3.63, 3.8) is 0 Å². The summed E-state index contributed by atoms with van der Waals surface area (Å²) in [5.74, 6) is -0.706. The van der Waals surface area contributed by atoms with E-state index in [1.165, 1.54) is 4.31 Å². The zero-order chi connectivity index (χ0) is 20.5. The van der Waals surface area contributed by atoms with Gasteiger partial charge in [-0.25, -0.2) is 13.2 Å². The molecule has 3 rings (SSSR count). The van der Waals surface area contributed by atoms with Crippen LogP contribution in [0.1, 0.15) is 45.4 Å². The summed E-state index contributed by atoms with van der Waals surface area (Å²) in [6.07, 6.45) is 0.607. The molecular weight excluding hydrogens is 382 g/mol. The average Bonchev–Trinajstić information content (AvgIpc) is 3.14. The van der Waals surface area contributed by atoms with Crippen molar-refractivity contribution in [1.29, 1.82) is 0 Å². The third-order valence-corrected chi connectivity index (χ3v) is 6.53. The van der Waals surface area contributed by atoms with Crippen LogP contribution in [-0.2, 0) is 14.8 Å². The third-order valence-electron chi connectivity index (χ3n) is 4.66. The lowest BCUT2D eigenvalue weighted by Gasteiger charge is -2.17. The molecular formula is C19H23N3O5S. The average molecular weight is 405 g/mol. The van der Waals surface area contributed by atoms with E-state index in [0.717, 1.165) is 0 Å². The number of benzene rings is 1. The number of aromatic amines is 1. The number of hydrogen-bond acceptors (Lipinski definition) is 5. The van der Waals surface area contributed by atoms with Crippen LogP contribution in [0.3, 0.4) is 0 Å². The lowest BCUT2D eigenvalue weighted by Crippen LogP contribution is -2.25. The number of aryl methyl sites for hydroxylation is 1. The van der Waals surface area contributed by atoms with E-state index in [0.29, 0.717) is 41.2 Å². The maximum atomic E-state index is 12.7. The molecule has 0 atom stereocenters. The molecule has 28 heavy (non-hydrogen) atoms. The van der Waals surface area contributed by atoms with Gasteiger partial charge >= 0.3 is 5.97 Å². The van der Waals surface area contributed by atoms with E-state index in [1.54, 1.807) is 45.0 Å². The first kappa shape index (κ1) is 19.9. The molecule has 0 saturated carbocycles. The van der Waals surface area contributed by atoms with Crippen LogP contribution in [0.5, 0.6) is 0 Å². The summed E-state index contributed by atoms with van der Waals surface area (Å²) in [5.41, 5.74) is 2.84. The number of amides is 1. The lowest BCUT2D eigenvalue weighted by atomic mass is 10.1. The quantitative estimate of drug-likeness (QED) is 0.744. The van der Waals surface area contributed by atoms with Gasteiger partial charge in [-0.3, -0.25) is 9.10 Å². The highest BCUT2D eigenvalue weighted by Gasteiger charge is 2.28. The van der Waals surface area contributed by atoms with Gasteiger partial charge in [-0.2, -0.15) is 0 Å². The smallest absolute Gasteiger partial charge is 0.355 e. The largest absolute Gasteiger partial charge is 0.461 e. The minimum atomic E-state index is -3.24. The highest BCUT2D eigenvalue weighted by atomic mass is 32.2. The first-order valence-corrected chi connectivity index (χ1v) is 10.6. The number of carbonyl (C=O) groups is 2. The fraction of sp³-hybridized carbons (Fsp3) is 0.368. The standard InChI is InChI=1S/C19H23N3O5S/c1-4-27-19(24)17-12(2)16(13(3)20-17)18(23)21-14-6-8-15(9-7-14)22-10-5-11-28(22,25)26/h6-9,20H,4-5,10-11H2,1-3H3,(H,21,23). The van der Waals surface area contributed by atoms with E-state index in [-0.39, 0.29) is 24.0 Å². The van der Waals surface area contributed by atoms with Crippen LogP contribution in [0.4, 0.5) is 11.4 Å². The summed E-state index contributed by atoms with van der Waals surface area (Å²) in [6, 6.07) is 6.65. The minimum absolute atomic E-state index is 0.153. The summed E-state index contributed by atoms with van der Waals surface area (Å²) in [4.78, 5) is 27.6. The monoisotopic (exact) mass is 405 g/mol. The van der Waals surface area contributed by atoms with Crippen molar-refractivity contribution in [3.05, 3.63) is 46.8 Å². The van der Waals surface area contributed by atoms with Crippen molar-refractivity contribution in [1.82, 2.24) is 4.98 Å². The number of anilines is 2. The topological polar surface area (TPSA) is 109 Å². The molecule has 8 nitrogen and oxygen atoms in total. The normalized spacial score (nSPS) is 15.5. The molecule has 2 aromatic rings. The molecule has 1 fully saturated rings. The molecule has 1 aliphatic heterocycles. The lowest BCUT2D eigenvalue weighted by molar-refractivity contribution is 0.0519. The number of nitrogens with one attached hydrogen (secondary N) is 2. The maximum absolute atomic E-state index is 12.7. The zero-order valence-electron chi connectivity index (χ0n) is 16.0. The number of ether oxygens (including phenoxy) is 1. The molecule has 1 aromatic heterocycles. The van der Waals surface area contributed by atoms with Crippen LogP contribution in [0.25, 0.3) is 0 Å². The Bertz CT molecular complexity index is 1010. The van der Waals surface area contributed by atoms with Crippen molar-refractivity contribution in [2.45, 2.75) is 27.2 Å². The number of nitrogens with zero attached hydrogens (tertiary/aromatic N) is 1. The third kappa shape index (κ3) is 3.75. The highest BCUT2D eigenvalue weighted by molar-refractivity contribution is 7.93. The van der Waals surface area contributed by atoms with Crippen molar-refractivity contribution in [3.8, 4) is 0 Å². The van der Waals surface area contributed by atoms with Gasteiger partial charge in [0.2, 0.25) is 10.0 Å². The van der Waals surface area contributed by atoms with E-state index in [2.05, 4.69) is 10.3 Å². The molecule has 1 aromatic carbocycles. The van der Waals surface area contributed by atoms with Gasteiger partial charge in [0.15, 0.2) is 0 Å².